The summed E-state index contributed by atoms with van der Waals surface area (Å²) in [6.45, 7) is 7.75. The number of fused-ring (bicyclic) bond motifs is 1. The molecule has 1 aromatic heterocycles. The van der Waals surface area contributed by atoms with Crippen molar-refractivity contribution in [3.8, 4) is 11.5 Å². The number of aryl methyl sites for hydroxylation is 2. The minimum absolute atomic E-state index is 0.285. The van der Waals surface area contributed by atoms with Gasteiger partial charge in [-0.25, -0.2) is 4.68 Å². The first kappa shape index (κ1) is 31.0. The highest BCUT2D eigenvalue weighted by molar-refractivity contribution is 5.81. The molecule has 3 aromatic carbocycles. The van der Waals surface area contributed by atoms with E-state index in [0.29, 0.717) is 30.9 Å². The largest absolute Gasteiger partial charge is 0.497 e. The topological polar surface area (TPSA) is 105 Å². The number of nitrogens with zero attached hydrogens (tertiary/aromatic N) is 3. The molecule has 0 radical (unpaired) electrons. The average molecular weight is 576 g/mol. The van der Waals surface area contributed by atoms with E-state index in [9.17, 15) is 9.90 Å². The molecule has 42 heavy (non-hydrogen) atoms. The standard InChI is InChI=1S/C33H41N3O6/c1-6-42-33(38)29(26-12-16-31(40-5)28(20-26)23(3)37)19-25-11-15-30-32(22(25)2)34-35-36(30)17-7-8-18-41-21-24-9-13-27(39-4)14-10-24/h9-16,20,23,29,37H,6-8,17-19,21H2,1-5H3/t23-,29?/m1/s1. The number of benzene rings is 3. The van der Waals surface area contributed by atoms with Crippen molar-refractivity contribution in [1.82, 2.24) is 15.0 Å². The second kappa shape index (κ2) is 14.8. The maximum Gasteiger partial charge on any atom is 0.313 e. The summed E-state index contributed by atoms with van der Waals surface area (Å²) in [7, 11) is 3.22. The fraction of sp³-hybridized carbons (Fsp3) is 0.424. The van der Waals surface area contributed by atoms with Gasteiger partial charge in [-0.15, -0.1) is 5.10 Å². The van der Waals surface area contributed by atoms with E-state index in [-0.39, 0.29) is 12.6 Å². The van der Waals surface area contributed by atoms with E-state index in [1.54, 1.807) is 34.1 Å². The van der Waals surface area contributed by atoms with Gasteiger partial charge in [0.05, 0.1) is 45.0 Å². The Kier molecular flexibility index (Phi) is 10.9. The third-order valence-electron chi connectivity index (χ3n) is 7.49. The van der Waals surface area contributed by atoms with Gasteiger partial charge in [0.25, 0.3) is 0 Å². The van der Waals surface area contributed by atoms with Gasteiger partial charge in [-0.05, 0) is 92.6 Å². The SMILES string of the molecule is CCOC(=O)C(Cc1ccc2c(nnn2CCCCOCc2ccc(OC)cc2)c1C)c1ccc(OC)c([C@@H](C)O)c1. The summed E-state index contributed by atoms with van der Waals surface area (Å²) in [6, 6.07) is 17.4. The van der Waals surface area contributed by atoms with Crippen molar-refractivity contribution in [2.45, 2.75) is 65.2 Å². The fourth-order valence-electron chi connectivity index (χ4n) is 5.07. The molecule has 0 aliphatic rings. The molecule has 4 rings (SSSR count). The van der Waals surface area contributed by atoms with Crippen molar-refractivity contribution in [3.63, 3.8) is 0 Å². The second-order valence-electron chi connectivity index (χ2n) is 10.3. The Morgan fingerprint density at radius 3 is 2.50 bits per heavy atom. The van der Waals surface area contributed by atoms with E-state index in [0.717, 1.165) is 58.4 Å². The summed E-state index contributed by atoms with van der Waals surface area (Å²) in [6.07, 6.45) is 1.52. The van der Waals surface area contributed by atoms with Crippen molar-refractivity contribution in [2.75, 3.05) is 27.4 Å². The minimum Gasteiger partial charge on any atom is -0.497 e. The number of methoxy groups -OCH3 is 2. The van der Waals surface area contributed by atoms with Crippen molar-refractivity contribution >= 4 is 17.0 Å². The van der Waals surface area contributed by atoms with Gasteiger partial charge in [0.1, 0.15) is 17.0 Å². The maximum atomic E-state index is 13.1. The van der Waals surface area contributed by atoms with Gasteiger partial charge >= 0.3 is 5.97 Å². The highest BCUT2D eigenvalue weighted by Gasteiger charge is 2.26. The van der Waals surface area contributed by atoms with Crippen LogP contribution in [-0.4, -0.2) is 53.5 Å². The van der Waals surface area contributed by atoms with Crippen molar-refractivity contribution in [1.29, 1.82) is 0 Å². The van der Waals surface area contributed by atoms with Gasteiger partial charge in [-0.3, -0.25) is 4.79 Å². The summed E-state index contributed by atoms with van der Waals surface area (Å²) in [5, 5.41) is 19.2. The summed E-state index contributed by atoms with van der Waals surface area (Å²) in [5.74, 6) is 0.562. The molecule has 0 saturated carbocycles. The zero-order valence-electron chi connectivity index (χ0n) is 25.1. The third-order valence-corrected chi connectivity index (χ3v) is 7.49. The Labute approximate surface area is 247 Å². The van der Waals surface area contributed by atoms with E-state index in [1.807, 2.05) is 60.1 Å². The zero-order chi connectivity index (χ0) is 30.1. The molecule has 9 nitrogen and oxygen atoms in total. The van der Waals surface area contributed by atoms with E-state index in [1.165, 1.54) is 0 Å². The monoisotopic (exact) mass is 575 g/mol. The number of carbonyl (C=O) groups is 1. The van der Waals surface area contributed by atoms with E-state index in [4.69, 9.17) is 18.9 Å². The van der Waals surface area contributed by atoms with Gasteiger partial charge in [0.2, 0.25) is 0 Å². The quantitative estimate of drug-likeness (QED) is 0.142. The van der Waals surface area contributed by atoms with Crippen LogP contribution in [0.5, 0.6) is 11.5 Å². The molecule has 0 bridgehead atoms. The molecule has 0 spiro atoms. The molecule has 1 unspecified atom stereocenters. The number of ether oxygens (including phenoxy) is 4. The van der Waals surface area contributed by atoms with Crippen LogP contribution in [-0.2, 0) is 33.8 Å². The smallest absolute Gasteiger partial charge is 0.313 e. The Balaban J connectivity index is 1.41. The lowest BCUT2D eigenvalue weighted by molar-refractivity contribution is -0.144. The number of carbonyl (C=O) groups excluding carboxylic acids is 1. The molecule has 1 N–H and O–H groups in total. The highest BCUT2D eigenvalue weighted by Crippen LogP contribution is 2.32. The number of aromatic nitrogens is 3. The molecular formula is C33H41N3O6. The molecule has 9 heteroatoms. The van der Waals surface area contributed by atoms with Gasteiger partial charge in [0, 0.05) is 18.7 Å². The Morgan fingerprint density at radius 2 is 1.81 bits per heavy atom. The van der Waals surface area contributed by atoms with Crippen LogP contribution in [0.15, 0.2) is 54.6 Å². The number of aliphatic hydroxyl groups excluding tert-OH is 1. The first-order chi connectivity index (χ1) is 20.4. The average Bonchev–Trinajstić information content (AvgIpc) is 3.42. The summed E-state index contributed by atoms with van der Waals surface area (Å²) in [4.78, 5) is 13.1. The number of esters is 1. The van der Waals surface area contributed by atoms with E-state index >= 15 is 0 Å². The van der Waals surface area contributed by atoms with Crippen LogP contribution in [0.4, 0.5) is 0 Å². The Hall–Kier alpha value is -3.95. The van der Waals surface area contributed by atoms with E-state index < -0.39 is 12.0 Å². The number of rotatable bonds is 15. The number of hydrogen-bond donors (Lipinski definition) is 1. The third kappa shape index (κ3) is 7.46. The van der Waals surface area contributed by atoms with Crippen LogP contribution >= 0.6 is 0 Å². The highest BCUT2D eigenvalue weighted by atomic mass is 16.5. The zero-order valence-corrected chi connectivity index (χ0v) is 25.1. The van der Waals surface area contributed by atoms with Gasteiger partial charge in [-0.1, -0.05) is 29.5 Å². The minimum atomic E-state index is -0.740. The maximum absolute atomic E-state index is 13.1. The van der Waals surface area contributed by atoms with Gasteiger partial charge in [0.15, 0.2) is 0 Å². The lowest BCUT2D eigenvalue weighted by Crippen LogP contribution is -2.19. The van der Waals surface area contributed by atoms with Crippen molar-refractivity contribution in [2.24, 2.45) is 0 Å². The van der Waals surface area contributed by atoms with Crippen molar-refractivity contribution in [3.05, 3.63) is 82.4 Å². The molecule has 2 atom stereocenters. The van der Waals surface area contributed by atoms with Gasteiger partial charge < -0.3 is 24.1 Å². The molecule has 0 fully saturated rings. The summed E-state index contributed by atoms with van der Waals surface area (Å²) >= 11 is 0. The molecule has 0 amide bonds. The van der Waals surface area contributed by atoms with Crippen LogP contribution in [0.25, 0.3) is 11.0 Å². The molecule has 1 heterocycles. The number of aliphatic hydroxyl groups is 1. The predicted molar refractivity (Wildman–Crippen MR) is 161 cm³/mol. The predicted octanol–water partition coefficient (Wildman–Crippen LogP) is 5.70. The van der Waals surface area contributed by atoms with E-state index in [2.05, 4.69) is 10.3 Å². The lowest BCUT2D eigenvalue weighted by atomic mass is 9.88. The first-order valence-electron chi connectivity index (χ1n) is 14.4. The lowest BCUT2D eigenvalue weighted by Gasteiger charge is -2.20. The Morgan fingerprint density at radius 1 is 1.02 bits per heavy atom. The van der Waals surface area contributed by atoms with Crippen LogP contribution < -0.4 is 9.47 Å². The summed E-state index contributed by atoms with van der Waals surface area (Å²) in [5.41, 5.74) is 6.28. The molecule has 0 aliphatic carbocycles. The molecule has 0 aliphatic heterocycles. The first-order valence-corrected chi connectivity index (χ1v) is 14.4. The van der Waals surface area contributed by atoms with Crippen LogP contribution in [0.3, 0.4) is 0 Å². The normalized spacial score (nSPS) is 12.7. The molecule has 0 saturated heterocycles. The summed E-state index contributed by atoms with van der Waals surface area (Å²) < 4.78 is 23.8. The van der Waals surface area contributed by atoms with Crippen LogP contribution in [0.2, 0.25) is 0 Å². The molecular weight excluding hydrogens is 534 g/mol. The van der Waals surface area contributed by atoms with Crippen molar-refractivity contribution < 1.29 is 28.8 Å². The number of unbranched alkanes of at least 4 members (excludes halogenated alkanes) is 1. The fourth-order valence-corrected chi connectivity index (χ4v) is 5.07. The van der Waals surface area contributed by atoms with Gasteiger partial charge in [-0.2, -0.15) is 0 Å². The molecule has 224 valence electrons. The van der Waals surface area contributed by atoms with Crippen LogP contribution in [0.1, 0.15) is 66.5 Å². The van der Waals surface area contributed by atoms with Crippen LogP contribution in [0, 0.1) is 6.92 Å². The Bertz CT molecular complexity index is 1460. The molecule has 4 aromatic rings. The second-order valence-corrected chi connectivity index (χ2v) is 10.3. The number of hydrogen-bond acceptors (Lipinski definition) is 8.